The van der Waals surface area contributed by atoms with Gasteiger partial charge in [-0.3, -0.25) is 14.3 Å². The molecule has 2 heterocycles. The number of aryl methyl sites for hydroxylation is 1. The van der Waals surface area contributed by atoms with E-state index in [1.807, 2.05) is 0 Å². The Morgan fingerprint density at radius 1 is 1.03 bits per heavy atom. The monoisotopic (exact) mass is 444 g/mol. The second kappa shape index (κ2) is 8.45. The smallest absolute Gasteiger partial charge is 0.291 e. The van der Waals surface area contributed by atoms with Crippen molar-refractivity contribution in [3.63, 3.8) is 0 Å². The van der Waals surface area contributed by atoms with Crippen LogP contribution >= 0.6 is 0 Å². The standard InChI is InChI=1S/C18H13F5N4O4/c1-24-18(29)15-8(5-27(2)26-15)25-17(28)9-4-3-7(31-9)6-30-16-13(22)11(20)10(19)12(21)14(16)23/h3-5H,6H2,1-2H3,(H,24,29)(H,25,28). The van der Waals surface area contributed by atoms with Crippen molar-refractivity contribution in [3.8, 4) is 5.75 Å². The van der Waals surface area contributed by atoms with Crippen molar-refractivity contribution in [2.45, 2.75) is 6.61 Å². The Balaban J connectivity index is 1.73. The second-order valence-electron chi connectivity index (χ2n) is 6.05. The Kier molecular flexibility index (Phi) is 5.95. The molecule has 2 amide bonds. The average Bonchev–Trinajstić information content (AvgIpc) is 3.36. The van der Waals surface area contributed by atoms with Crippen molar-refractivity contribution in [1.82, 2.24) is 15.1 Å². The molecule has 0 fully saturated rings. The van der Waals surface area contributed by atoms with Crippen molar-refractivity contribution < 1.29 is 40.7 Å². The van der Waals surface area contributed by atoms with Gasteiger partial charge in [-0.25, -0.2) is 13.2 Å². The van der Waals surface area contributed by atoms with Crippen molar-refractivity contribution in [1.29, 1.82) is 0 Å². The lowest BCUT2D eigenvalue weighted by atomic mass is 10.2. The quantitative estimate of drug-likeness (QED) is 0.346. The van der Waals surface area contributed by atoms with E-state index in [4.69, 9.17) is 4.42 Å². The third-order valence-electron chi connectivity index (χ3n) is 3.93. The number of carbonyl (C=O) groups excluding carboxylic acids is 2. The van der Waals surface area contributed by atoms with E-state index in [1.54, 1.807) is 0 Å². The normalized spacial score (nSPS) is 10.8. The van der Waals surface area contributed by atoms with Crippen molar-refractivity contribution in [2.24, 2.45) is 7.05 Å². The van der Waals surface area contributed by atoms with Crippen LogP contribution in [0.15, 0.2) is 22.7 Å². The molecule has 13 heteroatoms. The zero-order valence-electron chi connectivity index (χ0n) is 15.9. The number of rotatable bonds is 6. The Bertz CT molecular complexity index is 1150. The van der Waals surface area contributed by atoms with E-state index in [2.05, 4.69) is 20.5 Å². The SMILES string of the molecule is CNC(=O)c1nn(C)cc1NC(=O)c1ccc(COc2c(F)c(F)c(F)c(F)c2F)o1. The zero-order valence-corrected chi connectivity index (χ0v) is 15.9. The summed E-state index contributed by atoms with van der Waals surface area (Å²) >= 11 is 0. The van der Waals surface area contributed by atoms with Crippen LogP contribution in [0.5, 0.6) is 5.75 Å². The van der Waals surface area contributed by atoms with E-state index < -0.39 is 53.3 Å². The van der Waals surface area contributed by atoms with Crippen LogP contribution in [0.25, 0.3) is 0 Å². The number of furan rings is 1. The van der Waals surface area contributed by atoms with Gasteiger partial charge in [0.15, 0.2) is 17.2 Å². The summed E-state index contributed by atoms with van der Waals surface area (Å²) in [5.74, 6) is -14.1. The molecule has 0 saturated heterocycles. The third-order valence-corrected chi connectivity index (χ3v) is 3.93. The van der Waals surface area contributed by atoms with Crippen LogP contribution in [0, 0.1) is 29.1 Å². The van der Waals surface area contributed by atoms with Crippen molar-refractivity contribution >= 4 is 17.5 Å². The number of hydrogen-bond acceptors (Lipinski definition) is 5. The molecule has 1 aromatic carbocycles. The number of nitrogens with one attached hydrogen (secondary N) is 2. The summed E-state index contributed by atoms with van der Waals surface area (Å²) in [4.78, 5) is 24.1. The molecule has 3 aromatic rings. The topological polar surface area (TPSA) is 98.4 Å². The molecule has 0 atom stereocenters. The molecule has 31 heavy (non-hydrogen) atoms. The largest absolute Gasteiger partial charge is 0.479 e. The number of hydrogen-bond donors (Lipinski definition) is 2. The summed E-state index contributed by atoms with van der Waals surface area (Å²) in [7, 11) is 2.91. The van der Waals surface area contributed by atoms with Gasteiger partial charge in [-0.05, 0) is 12.1 Å². The van der Waals surface area contributed by atoms with Gasteiger partial charge in [-0.1, -0.05) is 0 Å². The summed E-state index contributed by atoms with van der Waals surface area (Å²) < 4.78 is 77.9. The van der Waals surface area contributed by atoms with Crippen LogP contribution in [0.3, 0.4) is 0 Å². The summed E-state index contributed by atoms with van der Waals surface area (Å²) in [6, 6.07) is 2.38. The lowest BCUT2D eigenvalue weighted by molar-refractivity contribution is 0.0958. The number of nitrogens with zero attached hydrogens (tertiary/aromatic N) is 2. The summed E-state index contributed by atoms with van der Waals surface area (Å²) in [6.45, 7) is -0.734. The van der Waals surface area contributed by atoms with Gasteiger partial charge in [0.1, 0.15) is 12.4 Å². The Labute approximate surface area is 170 Å². The van der Waals surface area contributed by atoms with E-state index in [0.29, 0.717) is 0 Å². The molecule has 0 bridgehead atoms. The molecule has 0 saturated carbocycles. The second-order valence-corrected chi connectivity index (χ2v) is 6.05. The van der Waals surface area contributed by atoms with Crippen LogP contribution in [0.4, 0.5) is 27.6 Å². The molecule has 0 spiro atoms. The van der Waals surface area contributed by atoms with Gasteiger partial charge < -0.3 is 19.8 Å². The van der Waals surface area contributed by atoms with Gasteiger partial charge in [0, 0.05) is 20.3 Å². The number of aromatic nitrogens is 2. The van der Waals surface area contributed by atoms with E-state index in [-0.39, 0.29) is 22.9 Å². The third kappa shape index (κ3) is 4.20. The molecule has 164 valence electrons. The maximum atomic E-state index is 13.6. The minimum atomic E-state index is -2.31. The number of benzene rings is 1. The highest BCUT2D eigenvalue weighted by atomic mass is 19.2. The molecular weight excluding hydrogens is 431 g/mol. The number of halogens is 5. The number of amides is 2. The van der Waals surface area contributed by atoms with Crippen molar-refractivity contribution in [2.75, 3.05) is 12.4 Å². The molecular formula is C18H13F5N4O4. The minimum Gasteiger partial charge on any atom is -0.479 e. The summed E-state index contributed by atoms with van der Waals surface area (Å²) in [5, 5.41) is 8.69. The first kappa shape index (κ1) is 21.8. The molecule has 0 aliphatic heterocycles. The highest BCUT2D eigenvalue weighted by molar-refractivity contribution is 6.06. The highest BCUT2D eigenvalue weighted by Gasteiger charge is 2.27. The highest BCUT2D eigenvalue weighted by Crippen LogP contribution is 2.30. The fourth-order valence-electron chi connectivity index (χ4n) is 2.48. The molecule has 0 aliphatic rings. The van der Waals surface area contributed by atoms with Gasteiger partial charge in [0.05, 0.1) is 5.69 Å². The molecule has 3 rings (SSSR count). The van der Waals surface area contributed by atoms with Crippen LogP contribution < -0.4 is 15.4 Å². The molecule has 0 unspecified atom stereocenters. The fraction of sp³-hybridized carbons (Fsp3) is 0.167. The first-order valence-electron chi connectivity index (χ1n) is 8.44. The van der Waals surface area contributed by atoms with E-state index >= 15 is 0 Å². The van der Waals surface area contributed by atoms with E-state index in [9.17, 15) is 31.5 Å². The van der Waals surface area contributed by atoms with Crippen LogP contribution in [-0.2, 0) is 13.7 Å². The van der Waals surface area contributed by atoms with Gasteiger partial charge >= 0.3 is 0 Å². The lowest BCUT2D eigenvalue weighted by Gasteiger charge is -2.09. The first-order valence-corrected chi connectivity index (χ1v) is 8.44. The summed E-state index contributed by atoms with van der Waals surface area (Å²) in [5.41, 5.74) is 0.0298. The number of ether oxygens (including phenoxy) is 1. The molecule has 0 aliphatic carbocycles. The van der Waals surface area contributed by atoms with Gasteiger partial charge in [0.2, 0.25) is 29.1 Å². The first-order chi connectivity index (χ1) is 14.6. The average molecular weight is 444 g/mol. The summed E-state index contributed by atoms with van der Waals surface area (Å²) in [6.07, 6.45) is 1.37. The predicted molar refractivity (Wildman–Crippen MR) is 93.8 cm³/mol. The molecule has 0 radical (unpaired) electrons. The maximum Gasteiger partial charge on any atom is 0.291 e. The van der Waals surface area contributed by atoms with Crippen molar-refractivity contribution in [3.05, 3.63) is 64.6 Å². The zero-order chi connectivity index (χ0) is 22.9. The minimum absolute atomic E-state index is 0.0558. The molecule has 2 N–H and O–H groups in total. The Morgan fingerprint density at radius 3 is 2.26 bits per heavy atom. The van der Waals surface area contributed by atoms with Crippen LogP contribution in [0.2, 0.25) is 0 Å². The Morgan fingerprint density at radius 2 is 1.65 bits per heavy atom. The lowest BCUT2D eigenvalue weighted by Crippen LogP contribution is -2.21. The number of carbonyl (C=O) groups is 2. The van der Waals surface area contributed by atoms with E-state index in [0.717, 1.165) is 0 Å². The number of anilines is 1. The van der Waals surface area contributed by atoms with Gasteiger partial charge in [0.25, 0.3) is 11.8 Å². The van der Waals surface area contributed by atoms with Crippen LogP contribution in [-0.4, -0.2) is 28.6 Å². The predicted octanol–water partition coefficient (Wildman–Crippen LogP) is 2.90. The van der Waals surface area contributed by atoms with E-state index in [1.165, 1.54) is 37.1 Å². The molecule has 8 nitrogen and oxygen atoms in total. The fourth-order valence-corrected chi connectivity index (χ4v) is 2.48. The maximum absolute atomic E-state index is 13.6. The molecule has 2 aromatic heterocycles. The van der Waals surface area contributed by atoms with Crippen LogP contribution in [0.1, 0.15) is 26.8 Å². The van der Waals surface area contributed by atoms with Gasteiger partial charge in [-0.15, -0.1) is 0 Å². The Hall–Kier alpha value is -3.90. The van der Waals surface area contributed by atoms with Gasteiger partial charge in [-0.2, -0.15) is 13.9 Å².